The Morgan fingerprint density at radius 2 is 2.55 bits per heavy atom. The molecule has 0 fully saturated rings. The minimum absolute atomic E-state index is 0.176. The smallest absolute Gasteiger partial charge is 0.330 e. The molecule has 0 saturated heterocycles. The van der Waals surface area contributed by atoms with E-state index in [0.717, 1.165) is 0 Å². The molecule has 0 aromatic carbocycles. The zero-order valence-electron chi connectivity index (χ0n) is 6.23. The molecule has 0 unspecified atom stereocenters. The molecule has 5 heteroatoms. The lowest BCUT2D eigenvalue weighted by Crippen LogP contribution is -1.98. The van der Waals surface area contributed by atoms with Gasteiger partial charge in [0.1, 0.15) is 0 Å². The molecule has 0 aliphatic heterocycles. The SMILES string of the molecule is CCOC(=O)/C=C/CN=[N+]=[N-]. The molecule has 0 amide bonds. The van der Waals surface area contributed by atoms with E-state index >= 15 is 0 Å². The Morgan fingerprint density at radius 3 is 3.09 bits per heavy atom. The van der Waals surface area contributed by atoms with Gasteiger partial charge in [0.15, 0.2) is 0 Å². The molecule has 0 N–H and O–H groups in total. The maximum atomic E-state index is 10.6. The number of rotatable bonds is 4. The maximum absolute atomic E-state index is 10.6. The number of ether oxygens (including phenoxy) is 1. The second-order valence-corrected chi connectivity index (χ2v) is 1.57. The molecular weight excluding hydrogens is 146 g/mol. The Labute approximate surface area is 64.3 Å². The molecule has 0 bridgehead atoms. The molecule has 60 valence electrons. The number of esters is 1. The summed E-state index contributed by atoms with van der Waals surface area (Å²) in [7, 11) is 0. The molecule has 0 spiro atoms. The topological polar surface area (TPSA) is 75.1 Å². The first-order valence-electron chi connectivity index (χ1n) is 3.15. The molecule has 0 heterocycles. The zero-order valence-corrected chi connectivity index (χ0v) is 6.23. The Bertz CT molecular complexity index is 194. The summed E-state index contributed by atoms with van der Waals surface area (Å²) in [6.07, 6.45) is 2.68. The normalized spacial score (nSPS) is 9.18. The fourth-order valence-electron chi connectivity index (χ4n) is 0.423. The van der Waals surface area contributed by atoms with E-state index in [9.17, 15) is 4.79 Å². The average molecular weight is 155 g/mol. The molecule has 0 aromatic heterocycles. The van der Waals surface area contributed by atoms with Crippen molar-refractivity contribution in [2.24, 2.45) is 5.11 Å². The average Bonchev–Trinajstić information content (AvgIpc) is 1.99. The third-order valence-electron chi connectivity index (χ3n) is 0.791. The van der Waals surface area contributed by atoms with E-state index in [1.54, 1.807) is 6.92 Å². The van der Waals surface area contributed by atoms with Crippen molar-refractivity contribution >= 4 is 5.97 Å². The second kappa shape index (κ2) is 6.64. The first-order valence-corrected chi connectivity index (χ1v) is 3.15. The molecule has 0 rings (SSSR count). The van der Waals surface area contributed by atoms with Gasteiger partial charge in [0.2, 0.25) is 0 Å². The van der Waals surface area contributed by atoms with E-state index in [1.165, 1.54) is 12.2 Å². The number of carbonyl (C=O) groups excluding carboxylic acids is 1. The van der Waals surface area contributed by atoms with Crippen LogP contribution in [0.4, 0.5) is 0 Å². The molecule has 0 aromatic rings. The van der Waals surface area contributed by atoms with Gasteiger partial charge >= 0.3 is 5.97 Å². The quantitative estimate of drug-likeness (QED) is 0.202. The summed E-state index contributed by atoms with van der Waals surface area (Å²) in [5, 5.41) is 3.19. The fourth-order valence-corrected chi connectivity index (χ4v) is 0.423. The van der Waals surface area contributed by atoms with Crippen molar-refractivity contribution in [3.8, 4) is 0 Å². The Balaban J connectivity index is 3.56. The molecule has 0 radical (unpaired) electrons. The monoisotopic (exact) mass is 155 g/mol. The molecule has 0 aliphatic carbocycles. The third kappa shape index (κ3) is 6.40. The van der Waals surface area contributed by atoms with Crippen LogP contribution in [0.15, 0.2) is 17.3 Å². The molecule has 5 nitrogen and oxygen atoms in total. The van der Waals surface area contributed by atoms with Gasteiger partial charge in [-0.3, -0.25) is 0 Å². The summed E-state index contributed by atoms with van der Waals surface area (Å²) in [6.45, 7) is 2.25. The Hall–Kier alpha value is -1.48. The van der Waals surface area contributed by atoms with Crippen LogP contribution in [0.5, 0.6) is 0 Å². The highest BCUT2D eigenvalue weighted by Gasteiger charge is 1.90. The molecule has 0 saturated carbocycles. The minimum Gasteiger partial charge on any atom is -0.463 e. The highest BCUT2D eigenvalue weighted by molar-refractivity contribution is 5.81. The van der Waals surface area contributed by atoms with Crippen LogP contribution in [0.3, 0.4) is 0 Å². The van der Waals surface area contributed by atoms with Crippen LogP contribution < -0.4 is 0 Å². The van der Waals surface area contributed by atoms with Crippen LogP contribution in [0, 0.1) is 0 Å². The van der Waals surface area contributed by atoms with Crippen molar-refractivity contribution in [2.75, 3.05) is 13.2 Å². The number of azide groups is 1. The van der Waals surface area contributed by atoms with E-state index in [4.69, 9.17) is 5.53 Å². The number of hydrogen-bond acceptors (Lipinski definition) is 3. The molecular formula is C6H9N3O2. The van der Waals surface area contributed by atoms with Crippen molar-refractivity contribution in [2.45, 2.75) is 6.92 Å². The minimum atomic E-state index is -0.416. The molecule has 0 atom stereocenters. The largest absolute Gasteiger partial charge is 0.463 e. The lowest BCUT2D eigenvalue weighted by atomic mass is 10.5. The zero-order chi connectivity index (χ0) is 8.53. The van der Waals surface area contributed by atoms with Crippen molar-refractivity contribution in [3.63, 3.8) is 0 Å². The summed E-state index contributed by atoms with van der Waals surface area (Å²) in [4.78, 5) is 13.1. The first-order chi connectivity index (χ1) is 5.31. The van der Waals surface area contributed by atoms with Gasteiger partial charge in [0.05, 0.1) is 6.61 Å². The summed E-state index contributed by atoms with van der Waals surface area (Å²) < 4.78 is 4.56. The van der Waals surface area contributed by atoms with Gasteiger partial charge in [0, 0.05) is 17.5 Å². The van der Waals surface area contributed by atoms with Gasteiger partial charge < -0.3 is 4.74 Å². The summed E-state index contributed by atoms with van der Waals surface area (Å²) in [5.41, 5.74) is 7.84. The Kier molecular flexibility index (Phi) is 5.74. The first kappa shape index (κ1) is 9.52. The maximum Gasteiger partial charge on any atom is 0.330 e. The van der Waals surface area contributed by atoms with Crippen molar-refractivity contribution in [1.29, 1.82) is 0 Å². The third-order valence-corrected chi connectivity index (χ3v) is 0.791. The summed E-state index contributed by atoms with van der Waals surface area (Å²) >= 11 is 0. The predicted molar refractivity (Wildman–Crippen MR) is 39.8 cm³/mol. The second-order valence-electron chi connectivity index (χ2n) is 1.57. The highest BCUT2D eigenvalue weighted by atomic mass is 16.5. The van der Waals surface area contributed by atoms with Gasteiger partial charge in [-0.15, -0.1) is 0 Å². The summed E-state index contributed by atoms with van der Waals surface area (Å²) in [5.74, 6) is -0.416. The van der Waals surface area contributed by atoms with Crippen LogP contribution in [-0.2, 0) is 9.53 Å². The van der Waals surface area contributed by atoms with Crippen LogP contribution in [-0.4, -0.2) is 19.1 Å². The fraction of sp³-hybridized carbons (Fsp3) is 0.500. The highest BCUT2D eigenvalue weighted by Crippen LogP contribution is 1.81. The van der Waals surface area contributed by atoms with E-state index in [2.05, 4.69) is 14.8 Å². The molecule has 0 aliphatic rings. The number of hydrogen-bond donors (Lipinski definition) is 0. The van der Waals surface area contributed by atoms with Crippen molar-refractivity contribution in [1.82, 2.24) is 0 Å². The predicted octanol–water partition coefficient (Wildman–Crippen LogP) is 1.42. The lowest BCUT2D eigenvalue weighted by Gasteiger charge is -1.92. The lowest BCUT2D eigenvalue weighted by molar-refractivity contribution is -0.137. The summed E-state index contributed by atoms with van der Waals surface area (Å²) in [6, 6.07) is 0. The van der Waals surface area contributed by atoms with Gasteiger partial charge in [-0.1, -0.05) is 11.2 Å². The van der Waals surface area contributed by atoms with Gasteiger partial charge in [-0.25, -0.2) is 4.79 Å². The van der Waals surface area contributed by atoms with Crippen LogP contribution in [0.25, 0.3) is 10.4 Å². The van der Waals surface area contributed by atoms with E-state index in [-0.39, 0.29) is 6.54 Å². The van der Waals surface area contributed by atoms with Gasteiger partial charge in [0.25, 0.3) is 0 Å². The standard InChI is InChI=1S/C6H9N3O2/c1-2-11-6(10)4-3-5-8-9-7/h3-4H,2,5H2,1H3/b4-3+. The number of carbonyl (C=O) groups is 1. The van der Waals surface area contributed by atoms with Crippen molar-refractivity contribution < 1.29 is 9.53 Å². The van der Waals surface area contributed by atoms with Crippen LogP contribution in [0.2, 0.25) is 0 Å². The Morgan fingerprint density at radius 1 is 1.82 bits per heavy atom. The van der Waals surface area contributed by atoms with Crippen molar-refractivity contribution in [3.05, 3.63) is 22.6 Å². The van der Waals surface area contributed by atoms with E-state index < -0.39 is 5.97 Å². The number of nitrogens with zero attached hydrogens (tertiary/aromatic N) is 3. The van der Waals surface area contributed by atoms with Gasteiger partial charge in [-0.2, -0.15) is 0 Å². The van der Waals surface area contributed by atoms with Crippen LogP contribution in [0.1, 0.15) is 6.92 Å². The van der Waals surface area contributed by atoms with E-state index in [0.29, 0.717) is 6.61 Å². The van der Waals surface area contributed by atoms with E-state index in [1.807, 2.05) is 0 Å². The van der Waals surface area contributed by atoms with Gasteiger partial charge in [-0.05, 0) is 12.5 Å². The molecule has 11 heavy (non-hydrogen) atoms. The van der Waals surface area contributed by atoms with Crippen LogP contribution >= 0.6 is 0 Å².